The zero-order valence-electron chi connectivity index (χ0n) is 12.3. The van der Waals surface area contributed by atoms with Crippen molar-refractivity contribution in [3.05, 3.63) is 59.4 Å². The van der Waals surface area contributed by atoms with Crippen LogP contribution in [0.15, 0.2) is 42.7 Å². The predicted octanol–water partition coefficient (Wildman–Crippen LogP) is 3.42. The summed E-state index contributed by atoms with van der Waals surface area (Å²) >= 11 is 0. The van der Waals surface area contributed by atoms with Crippen LogP contribution in [0.3, 0.4) is 0 Å². The summed E-state index contributed by atoms with van der Waals surface area (Å²) in [5, 5.41) is 0. The first kappa shape index (κ1) is 14.5. The van der Waals surface area contributed by atoms with Crippen LogP contribution in [-0.2, 0) is 6.42 Å². The second-order valence-electron chi connectivity index (χ2n) is 5.42. The molecule has 2 aromatic rings. The van der Waals surface area contributed by atoms with Gasteiger partial charge in [-0.05, 0) is 44.4 Å². The van der Waals surface area contributed by atoms with E-state index in [0.717, 1.165) is 17.7 Å². The summed E-state index contributed by atoms with van der Waals surface area (Å²) in [7, 11) is 0. The highest BCUT2D eigenvalue weighted by atomic mass is 16.5. The summed E-state index contributed by atoms with van der Waals surface area (Å²) in [6, 6.07) is 10.4. The Bertz CT molecular complexity index is 549. The maximum Gasteiger partial charge on any atom is 0.138 e. The number of rotatable bonds is 5. The molecule has 0 saturated carbocycles. The van der Waals surface area contributed by atoms with Crippen LogP contribution in [0.4, 0.5) is 0 Å². The number of hydrogen-bond donors (Lipinski definition) is 1. The molecule has 1 unspecified atom stereocenters. The minimum atomic E-state index is -0.0686. The fourth-order valence-electron chi connectivity index (χ4n) is 2.07. The average molecular weight is 270 g/mol. The Hall–Kier alpha value is -1.87. The molecule has 3 nitrogen and oxygen atoms in total. The van der Waals surface area contributed by atoms with Crippen molar-refractivity contribution in [1.29, 1.82) is 0 Å². The lowest BCUT2D eigenvalue weighted by Crippen LogP contribution is -2.14. The molecule has 2 N–H and O–H groups in total. The molecule has 2 rings (SSSR count). The average Bonchev–Trinajstić information content (AvgIpc) is 2.41. The second-order valence-corrected chi connectivity index (χ2v) is 5.42. The smallest absolute Gasteiger partial charge is 0.138 e. The molecule has 1 heterocycles. The van der Waals surface area contributed by atoms with Crippen LogP contribution in [-0.4, -0.2) is 11.1 Å². The number of ether oxygens (including phenoxy) is 1. The normalized spacial score (nSPS) is 12.4. The number of pyridine rings is 1. The van der Waals surface area contributed by atoms with Crippen molar-refractivity contribution >= 4 is 0 Å². The van der Waals surface area contributed by atoms with E-state index in [0.29, 0.717) is 0 Å². The SMILES string of the molecule is Cc1ccc(CC(N)c2cncc(OC(C)C)c2)cc1. The minimum absolute atomic E-state index is 0.0686. The summed E-state index contributed by atoms with van der Waals surface area (Å²) in [6.07, 6.45) is 4.47. The molecule has 0 bridgehead atoms. The predicted molar refractivity (Wildman–Crippen MR) is 81.8 cm³/mol. The Labute approximate surface area is 120 Å². The van der Waals surface area contributed by atoms with E-state index in [9.17, 15) is 0 Å². The van der Waals surface area contributed by atoms with Crippen LogP contribution in [0.5, 0.6) is 5.75 Å². The minimum Gasteiger partial charge on any atom is -0.489 e. The van der Waals surface area contributed by atoms with E-state index in [1.54, 1.807) is 6.20 Å². The summed E-state index contributed by atoms with van der Waals surface area (Å²) in [6.45, 7) is 6.08. The van der Waals surface area contributed by atoms with Crippen LogP contribution in [0.25, 0.3) is 0 Å². The van der Waals surface area contributed by atoms with Crippen LogP contribution >= 0.6 is 0 Å². The van der Waals surface area contributed by atoms with Gasteiger partial charge in [0.1, 0.15) is 5.75 Å². The molecule has 1 aromatic carbocycles. The Kier molecular flexibility index (Phi) is 4.74. The van der Waals surface area contributed by atoms with E-state index in [-0.39, 0.29) is 12.1 Å². The first-order valence-electron chi connectivity index (χ1n) is 6.97. The first-order chi connectivity index (χ1) is 9.54. The lowest BCUT2D eigenvalue weighted by Gasteiger charge is -2.15. The van der Waals surface area contributed by atoms with Crippen molar-refractivity contribution in [2.45, 2.75) is 39.3 Å². The van der Waals surface area contributed by atoms with Crippen LogP contribution < -0.4 is 10.5 Å². The topological polar surface area (TPSA) is 48.1 Å². The van der Waals surface area contributed by atoms with E-state index in [1.807, 2.05) is 26.1 Å². The van der Waals surface area contributed by atoms with Gasteiger partial charge in [-0.25, -0.2) is 0 Å². The lowest BCUT2D eigenvalue weighted by atomic mass is 10.0. The molecular formula is C17H22N2O. The van der Waals surface area contributed by atoms with Gasteiger partial charge in [-0.15, -0.1) is 0 Å². The molecule has 1 atom stereocenters. The van der Waals surface area contributed by atoms with Crippen molar-refractivity contribution in [2.75, 3.05) is 0 Å². The second kappa shape index (κ2) is 6.53. The highest BCUT2D eigenvalue weighted by Gasteiger charge is 2.09. The number of benzene rings is 1. The number of nitrogens with zero attached hydrogens (tertiary/aromatic N) is 1. The highest BCUT2D eigenvalue weighted by Crippen LogP contribution is 2.20. The van der Waals surface area contributed by atoms with E-state index < -0.39 is 0 Å². The monoisotopic (exact) mass is 270 g/mol. The number of hydrogen-bond acceptors (Lipinski definition) is 3. The Morgan fingerprint density at radius 3 is 2.50 bits per heavy atom. The third-order valence-corrected chi connectivity index (χ3v) is 3.11. The van der Waals surface area contributed by atoms with E-state index in [4.69, 9.17) is 10.5 Å². The molecule has 0 aliphatic rings. The molecule has 106 valence electrons. The summed E-state index contributed by atoms with van der Waals surface area (Å²) < 4.78 is 5.65. The van der Waals surface area contributed by atoms with Crippen molar-refractivity contribution < 1.29 is 4.74 Å². The molecule has 3 heteroatoms. The molecule has 0 spiro atoms. The van der Waals surface area contributed by atoms with Gasteiger partial charge in [0, 0.05) is 12.2 Å². The Morgan fingerprint density at radius 1 is 1.15 bits per heavy atom. The van der Waals surface area contributed by atoms with E-state index >= 15 is 0 Å². The van der Waals surface area contributed by atoms with Crippen molar-refractivity contribution in [3.63, 3.8) is 0 Å². The van der Waals surface area contributed by atoms with Crippen LogP contribution in [0, 0.1) is 6.92 Å². The first-order valence-corrected chi connectivity index (χ1v) is 6.97. The van der Waals surface area contributed by atoms with E-state index in [1.165, 1.54) is 11.1 Å². The van der Waals surface area contributed by atoms with E-state index in [2.05, 4.69) is 36.2 Å². The standard InChI is InChI=1S/C17H22N2O/c1-12(2)20-16-9-15(10-19-11-16)17(18)8-14-6-4-13(3)5-7-14/h4-7,9-12,17H,8,18H2,1-3H3. The Morgan fingerprint density at radius 2 is 1.85 bits per heavy atom. The molecule has 0 saturated heterocycles. The fourth-order valence-corrected chi connectivity index (χ4v) is 2.07. The van der Waals surface area contributed by atoms with Gasteiger partial charge < -0.3 is 10.5 Å². The molecule has 0 fully saturated rings. The summed E-state index contributed by atoms with van der Waals surface area (Å²) in [4.78, 5) is 4.21. The maximum atomic E-state index is 6.27. The summed E-state index contributed by atoms with van der Waals surface area (Å²) in [5.74, 6) is 0.775. The number of nitrogens with two attached hydrogens (primary N) is 1. The van der Waals surface area contributed by atoms with Crippen LogP contribution in [0.1, 0.15) is 36.6 Å². The molecule has 0 amide bonds. The van der Waals surface area contributed by atoms with Gasteiger partial charge in [0.2, 0.25) is 0 Å². The largest absolute Gasteiger partial charge is 0.489 e. The number of aryl methyl sites for hydroxylation is 1. The molecule has 1 aromatic heterocycles. The lowest BCUT2D eigenvalue weighted by molar-refractivity contribution is 0.241. The van der Waals surface area contributed by atoms with Crippen molar-refractivity contribution in [1.82, 2.24) is 4.98 Å². The third kappa shape index (κ3) is 4.07. The molecule has 20 heavy (non-hydrogen) atoms. The van der Waals surface area contributed by atoms with Gasteiger partial charge in [0.15, 0.2) is 0 Å². The Balaban J connectivity index is 2.08. The van der Waals surface area contributed by atoms with Crippen molar-refractivity contribution in [3.8, 4) is 5.75 Å². The van der Waals surface area contributed by atoms with Gasteiger partial charge in [-0.1, -0.05) is 29.8 Å². The molecule has 0 aliphatic carbocycles. The maximum absolute atomic E-state index is 6.27. The van der Waals surface area contributed by atoms with Gasteiger partial charge in [0.25, 0.3) is 0 Å². The highest BCUT2D eigenvalue weighted by molar-refractivity contribution is 5.28. The molecule has 0 aliphatic heterocycles. The van der Waals surface area contributed by atoms with Crippen LogP contribution in [0.2, 0.25) is 0 Å². The molecule has 0 radical (unpaired) electrons. The van der Waals surface area contributed by atoms with Gasteiger partial charge in [-0.2, -0.15) is 0 Å². The zero-order chi connectivity index (χ0) is 14.5. The third-order valence-electron chi connectivity index (χ3n) is 3.11. The van der Waals surface area contributed by atoms with Gasteiger partial charge in [-0.3, -0.25) is 4.98 Å². The van der Waals surface area contributed by atoms with Gasteiger partial charge >= 0.3 is 0 Å². The quantitative estimate of drug-likeness (QED) is 0.905. The van der Waals surface area contributed by atoms with Crippen molar-refractivity contribution in [2.24, 2.45) is 5.73 Å². The fraction of sp³-hybridized carbons (Fsp3) is 0.353. The number of aromatic nitrogens is 1. The summed E-state index contributed by atoms with van der Waals surface area (Å²) in [5.41, 5.74) is 9.77. The molecular weight excluding hydrogens is 248 g/mol. The van der Waals surface area contributed by atoms with Gasteiger partial charge in [0.05, 0.1) is 12.3 Å². The zero-order valence-corrected chi connectivity index (χ0v) is 12.3.